The number of hydrogen-bond donors (Lipinski definition) is 4. The number of rotatable bonds is 10. The second kappa shape index (κ2) is 13.5. The second-order valence-corrected chi connectivity index (χ2v) is 9.47. The smallest absolute Gasteiger partial charge is 0.319 e. The number of urea groups is 1. The summed E-state index contributed by atoms with van der Waals surface area (Å²) in [5.41, 5.74) is 4.71. The van der Waals surface area contributed by atoms with E-state index in [1.54, 1.807) is 6.20 Å². The fourth-order valence-corrected chi connectivity index (χ4v) is 4.40. The summed E-state index contributed by atoms with van der Waals surface area (Å²) in [6.45, 7) is 8.66. The molecule has 2 aromatic heterocycles. The maximum atomic E-state index is 12.9. The fourth-order valence-electron chi connectivity index (χ4n) is 4.40. The molecule has 1 aromatic carbocycles. The lowest BCUT2D eigenvalue weighted by Crippen LogP contribution is -2.37. The Morgan fingerprint density at radius 1 is 0.947 bits per heavy atom. The Hall–Kier alpha value is -3.98. The van der Waals surface area contributed by atoms with Gasteiger partial charge in [0.1, 0.15) is 5.82 Å². The molecule has 0 spiro atoms. The van der Waals surface area contributed by atoms with E-state index in [4.69, 9.17) is 4.98 Å². The molecule has 1 aliphatic heterocycles. The molecule has 38 heavy (non-hydrogen) atoms. The number of aryl methyl sites for hydroxylation is 1. The number of hydrogen-bond acceptors (Lipinski definition) is 6. The van der Waals surface area contributed by atoms with Crippen molar-refractivity contribution in [3.8, 4) is 11.3 Å². The van der Waals surface area contributed by atoms with Gasteiger partial charge in [-0.15, -0.1) is 0 Å². The molecule has 3 aromatic rings. The topological polar surface area (TPSA) is 111 Å². The lowest BCUT2D eigenvalue weighted by molar-refractivity contribution is 0.0947. The van der Waals surface area contributed by atoms with E-state index in [1.165, 1.54) is 19.3 Å². The number of pyridine rings is 2. The molecule has 0 aliphatic carbocycles. The van der Waals surface area contributed by atoms with E-state index in [0.29, 0.717) is 36.7 Å². The van der Waals surface area contributed by atoms with Gasteiger partial charge in [-0.1, -0.05) is 24.6 Å². The van der Waals surface area contributed by atoms with Crippen LogP contribution < -0.4 is 21.3 Å². The van der Waals surface area contributed by atoms with Crippen molar-refractivity contribution in [2.24, 2.45) is 0 Å². The van der Waals surface area contributed by atoms with Crippen LogP contribution in [0.5, 0.6) is 0 Å². The monoisotopic (exact) mass is 515 g/mol. The molecule has 1 saturated heterocycles. The third-order valence-electron chi connectivity index (χ3n) is 6.51. The highest BCUT2D eigenvalue weighted by atomic mass is 16.2. The van der Waals surface area contributed by atoms with Crippen molar-refractivity contribution in [3.63, 3.8) is 0 Å². The molecule has 0 saturated carbocycles. The van der Waals surface area contributed by atoms with Crippen molar-refractivity contribution < 1.29 is 9.59 Å². The minimum absolute atomic E-state index is 0.121. The van der Waals surface area contributed by atoms with Crippen LogP contribution in [0.4, 0.5) is 16.3 Å². The minimum Gasteiger partial charge on any atom is -0.370 e. The summed E-state index contributed by atoms with van der Waals surface area (Å²) >= 11 is 0. The van der Waals surface area contributed by atoms with Crippen molar-refractivity contribution in [3.05, 3.63) is 71.5 Å². The number of aromatic nitrogens is 2. The highest BCUT2D eigenvalue weighted by Gasteiger charge is 2.15. The molecule has 1 aliphatic rings. The summed E-state index contributed by atoms with van der Waals surface area (Å²) in [5, 5.41) is 11.9. The van der Waals surface area contributed by atoms with Gasteiger partial charge in [0, 0.05) is 49.3 Å². The van der Waals surface area contributed by atoms with Crippen LogP contribution in [-0.2, 0) is 6.54 Å². The lowest BCUT2D eigenvalue weighted by atomic mass is 10.1. The van der Waals surface area contributed by atoms with E-state index in [9.17, 15) is 9.59 Å². The third-order valence-corrected chi connectivity index (χ3v) is 6.51. The average molecular weight is 516 g/mol. The molecule has 1 fully saturated rings. The highest BCUT2D eigenvalue weighted by Crippen LogP contribution is 2.24. The zero-order valence-electron chi connectivity index (χ0n) is 22.2. The van der Waals surface area contributed by atoms with Gasteiger partial charge in [0.2, 0.25) is 0 Å². The first-order chi connectivity index (χ1) is 18.5. The molecule has 200 valence electrons. The van der Waals surface area contributed by atoms with Crippen LogP contribution in [0.15, 0.2) is 54.7 Å². The number of anilines is 2. The van der Waals surface area contributed by atoms with Crippen molar-refractivity contribution in [2.75, 3.05) is 43.4 Å². The summed E-state index contributed by atoms with van der Waals surface area (Å²) < 4.78 is 0. The van der Waals surface area contributed by atoms with E-state index in [-0.39, 0.29) is 11.9 Å². The molecule has 0 bridgehead atoms. The number of amides is 3. The largest absolute Gasteiger partial charge is 0.370 e. The van der Waals surface area contributed by atoms with E-state index in [1.807, 2.05) is 62.4 Å². The zero-order valence-corrected chi connectivity index (χ0v) is 22.2. The Labute approximate surface area is 224 Å². The number of piperidine rings is 1. The number of nitrogens with zero attached hydrogens (tertiary/aromatic N) is 3. The molecular weight excluding hydrogens is 478 g/mol. The van der Waals surface area contributed by atoms with Gasteiger partial charge in [0.25, 0.3) is 5.91 Å². The van der Waals surface area contributed by atoms with Crippen molar-refractivity contribution in [1.29, 1.82) is 0 Å². The van der Waals surface area contributed by atoms with Gasteiger partial charge in [-0.2, -0.15) is 0 Å². The first-order valence-electron chi connectivity index (χ1n) is 13.3. The minimum atomic E-state index is -0.290. The maximum absolute atomic E-state index is 12.9. The van der Waals surface area contributed by atoms with Crippen LogP contribution in [-0.4, -0.2) is 59.5 Å². The SMILES string of the molecule is CCNc1nc(-c2ccc(NC(=O)NCc3ccc(C)nc3)cc2)ccc1C(=O)NCCN1CCCCC1. The summed E-state index contributed by atoms with van der Waals surface area (Å²) in [6, 6.07) is 14.7. The van der Waals surface area contributed by atoms with E-state index >= 15 is 0 Å². The molecule has 9 heteroatoms. The molecule has 0 radical (unpaired) electrons. The van der Waals surface area contributed by atoms with Crippen LogP contribution in [0, 0.1) is 6.92 Å². The van der Waals surface area contributed by atoms with Crippen LogP contribution in [0.25, 0.3) is 11.3 Å². The van der Waals surface area contributed by atoms with E-state index in [0.717, 1.165) is 42.1 Å². The summed E-state index contributed by atoms with van der Waals surface area (Å²) in [4.78, 5) is 36.5. The van der Waals surface area contributed by atoms with Gasteiger partial charge in [0.15, 0.2) is 0 Å². The predicted molar refractivity (Wildman–Crippen MR) is 151 cm³/mol. The second-order valence-electron chi connectivity index (χ2n) is 9.47. The van der Waals surface area contributed by atoms with Crippen molar-refractivity contribution >= 4 is 23.4 Å². The first-order valence-corrected chi connectivity index (χ1v) is 13.3. The lowest BCUT2D eigenvalue weighted by Gasteiger charge is -2.26. The summed E-state index contributed by atoms with van der Waals surface area (Å²) in [5.74, 6) is 0.441. The normalized spacial score (nSPS) is 13.5. The van der Waals surface area contributed by atoms with Gasteiger partial charge in [-0.25, -0.2) is 9.78 Å². The van der Waals surface area contributed by atoms with Crippen LogP contribution in [0.2, 0.25) is 0 Å². The van der Waals surface area contributed by atoms with Crippen LogP contribution >= 0.6 is 0 Å². The fraction of sp³-hybridized carbons (Fsp3) is 0.379. The van der Waals surface area contributed by atoms with Crippen molar-refractivity contribution in [2.45, 2.75) is 39.7 Å². The molecule has 4 rings (SSSR count). The molecule has 0 atom stereocenters. The highest BCUT2D eigenvalue weighted by molar-refractivity contribution is 5.99. The number of carbonyl (C=O) groups excluding carboxylic acids is 2. The van der Waals surface area contributed by atoms with Gasteiger partial charge in [0.05, 0.1) is 11.3 Å². The van der Waals surface area contributed by atoms with Crippen molar-refractivity contribution in [1.82, 2.24) is 25.5 Å². The summed E-state index contributed by atoms with van der Waals surface area (Å²) in [6.07, 6.45) is 5.53. The zero-order chi connectivity index (χ0) is 26.7. The van der Waals surface area contributed by atoms with Gasteiger partial charge in [-0.3, -0.25) is 9.78 Å². The van der Waals surface area contributed by atoms with Crippen LogP contribution in [0.3, 0.4) is 0 Å². The molecule has 4 N–H and O–H groups in total. The Kier molecular flexibility index (Phi) is 9.64. The van der Waals surface area contributed by atoms with Gasteiger partial charge < -0.3 is 26.2 Å². The molecule has 0 unspecified atom stereocenters. The van der Waals surface area contributed by atoms with Crippen LogP contribution in [0.1, 0.15) is 47.8 Å². The Bertz CT molecular complexity index is 1210. The number of likely N-dealkylation sites (tertiary alicyclic amines) is 1. The molecular formula is C29H37N7O2. The average Bonchev–Trinajstić information content (AvgIpc) is 2.94. The quantitative estimate of drug-likeness (QED) is 0.318. The molecule has 3 amide bonds. The standard InChI is InChI=1S/C29H37N7O2/c1-3-30-27-25(28(37)31-15-18-36-16-5-4-6-17-36)13-14-26(35-27)23-9-11-24(12-10-23)34-29(38)33-20-22-8-7-21(2)32-19-22/h7-14,19H,3-6,15-18,20H2,1-2H3,(H,30,35)(H,31,37)(H2,33,34,38). The molecule has 9 nitrogen and oxygen atoms in total. The number of carbonyl (C=O) groups is 2. The van der Waals surface area contributed by atoms with E-state index in [2.05, 4.69) is 31.2 Å². The van der Waals surface area contributed by atoms with Gasteiger partial charge in [-0.05, 0) is 75.7 Å². The Morgan fingerprint density at radius 3 is 2.45 bits per heavy atom. The van der Waals surface area contributed by atoms with E-state index < -0.39 is 0 Å². The number of benzene rings is 1. The van der Waals surface area contributed by atoms with Gasteiger partial charge >= 0.3 is 6.03 Å². The Balaban J connectivity index is 1.33. The predicted octanol–water partition coefficient (Wildman–Crippen LogP) is 4.42. The molecule has 3 heterocycles. The maximum Gasteiger partial charge on any atom is 0.319 e. The summed E-state index contributed by atoms with van der Waals surface area (Å²) in [7, 11) is 0. The third kappa shape index (κ3) is 7.76. The first kappa shape index (κ1) is 27.1. The number of nitrogens with one attached hydrogen (secondary N) is 4. The Morgan fingerprint density at radius 2 is 1.74 bits per heavy atom.